The highest BCUT2D eigenvalue weighted by molar-refractivity contribution is 6.29. The first-order chi connectivity index (χ1) is 11.5. The second-order valence-corrected chi connectivity index (χ2v) is 5.54. The maximum Gasteiger partial charge on any atom is 0.261 e. The summed E-state index contributed by atoms with van der Waals surface area (Å²) >= 11 is 0. The number of rotatable bonds is 3. The molecule has 1 heterocycles. The van der Waals surface area contributed by atoms with E-state index >= 15 is 0 Å². The fraction of sp³-hybridized carbons (Fsp3) is 0.105. The molecule has 0 spiro atoms. The van der Waals surface area contributed by atoms with Crippen LogP contribution in [0.25, 0.3) is 6.08 Å². The predicted molar refractivity (Wildman–Crippen MR) is 89.6 cm³/mol. The molecule has 3 rings (SSSR count). The average molecular weight is 321 g/mol. The zero-order chi connectivity index (χ0) is 17.3. The van der Waals surface area contributed by atoms with Crippen molar-refractivity contribution in [2.24, 2.45) is 0 Å². The van der Waals surface area contributed by atoms with Gasteiger partial charge in [-0.3, -0.25) is 14.4 Å². The summed E-state index contributed by atoms with van der Waals surface area (Å²) in [5.41, 5.74) is 1.75. The summed E-state index contributed by atoms with van der Waals surface area (Å²) in [5, 5.41) is 9.80. The third-order valence-corrected chi connectivity index (χ3v) is 3.87. The van der Waals surface area contributed by atoms with E-state index < -0.39 is 5.91 Å². The number of benzene rings is 2. The molecule has 0 aromatic heterocycles. The van der Waals surface area contributed by atoms with E-state index in [0.29, 0.717) is 22.4 Å². The van der Waals surface area contributed by atoms with Crippen LogP contribution in [-0.2, 0) is 9.59 Å². The minimum Gasteiger partial charge on any atom is -0.507 e. The smallest absolute Gasteiger partial charge is 0.261 e. The Labute approximate surface area is 138 Å². The Morgan fingerprint density at radius 3 is 2.38 bits per heavy atom. The van der Waals surface area contributed by atoms with E-state index in [9.17, 15) is 19.5 Å². The van der Waals surface area contributed by atoms with Crippen LogP contribution in [0.2, 0.25) is 0 Å². The predicted octanol–water partition coefficient (Wildman–Crippen LogP) is 2.94. The van der Waals surface area contributed by atoms with Crippen molar-refractivity contribution in [3.8, 4) is 5.75 Å². The van der Waals surface area contributed by atoms with Gasteiger partial charge >= 0.3 is 0 Å². The van der Waals surface area contributed by atoms with Crippen LogP contribution in [0.4, 0.5) is 5.69 Å². The van der Waals surface area contributed by atoms with Gasteiger partial charge in [0.05, 0.1) is 12.1 Å². The molecule has 0 saturated carbocycles. The molecule has 5 nitrogen and oxygen atoms in total. The van der Waals surface area contributed by atoms with Crippen molar-refractivity contribution in [1.82, 2.24) is 0 Å². The van der Waals surface area contributed by atoms with Crippen LogP contribution < -0.4 is 4.90 Å². The first-order valence-corrected chi connectivity index (χ1v) is 7.44. The minimum atomic E-state index is -0.418. The van der Waals surface area contributed by atoms with Crippen molar-refractivity contribution in [3.05, 3.63) is 65.2 Å². The third kappa shape index (κ3) is 2.84. The zero-order valence-corrected chi connectivity index (χ0v) is 13.0. The molecule has 2 aromatic carbocycles. The molecule has 24 heavy (non-hydrogen) atoms. The number of nitrogens with zero attached hydrogens (tertiary/aromatic N) is 1. The van der Waals surface area contributed by atoms with E-state index in [-0.39, 0.29) is 23.9 Å². The molecule has 0 bridgehead atoms. The Kier molecular flexibility index (Phi) is 4.00. The number of aromatic hydroxyl groups is 1. The molecule has 1 saturated heterocycles. The van der Waals surface area contributed by atoms with Gasteiger partial charge in [-0.05, 0) is 43.3 Å². The molecule has 120 valence electrons. The molecule has 2 amide bonds. The summed E-state index contributed by atoms with van der Waals surface area (Å²) in [5.74, 6) is -0.786. The van der Waals surface area contributed by atoms with Crippen molar-refractivity contribution < 1.29 is 19.5 Å². The number of anilines is 1. The van der Waals surface area contributed by atoms with Gasteiger partial charge in [0.15, 0.2) is 5.78 Å². The summed E-state index contributed by atoms with van der Waals surface area (Å²) in [6.07, 6.45) is 1.50. The van der Waals surface area contributed by atoms with Crippen LogP contribution in [0.1, 0.15) is 29.3 Å². The van der Waals surface area contributed by atoms with Crippen LogP contribution >= 0.6 is 0 Å². The van der Waals surface area contributed by atoms with Crippen LogP contribution in [0, 0.1) is 0 Å². The summed E-state index contributed by atoms with van der Waals surface area (Å²) in [6, 6.07) is 12.9. The molecule has 1 fully saturated rings. The van der Waals surface area contributed by atoms with Crippen LogP contribution in [0.15, 0.2) is 54.1 Å². The number of para-hydroxylation sites is 1. The van der Waals surface area contributed by atoms with Crippen molar-refractivity contribution >= 4 is 29.4 Å². The molecule has 1 aliphatic heterocycles. The maximum absolute atomic E-state index is 12.5. The molecular weight excluding hydrogens is 306 g/mol. The molecule has 0 aliphatic carbocycles. The van der Waals surface area contributed by atoms with Gasteiger partial charge in [0, 0.05) is 16.7 Å². The Hall–Kier alpha value is -3.21. The number of carbonyl (C=O) groups is 3. The topological polar surface area (TPSA) is 74.7 Å². The number of hydrogen-bond acceptors (Lipinski definition) is 4. The van der Waals surface area contributed by atoms with Gasteiger partial charge in [-0.1, -0.05) is 18.2 Å². The van der Waals surface area contributed by atoms with Gasteiger partial charge in [0.2, 0.25) is 5.91 Å². The quantitative estimate of drug-likeness (QED) is 0.536. The zero-order valence-electron chi connectivity index (χ0n) is 13.0. The summed E-state index contributed by atoms with van der Waals surface area (Å²) in [6.45, 7) is 1.45. The van der Waals surface area contributed by atoms with E-state index in [2.05, 4.69) is 0 Å². The molecule has 2 aromatic rings. The van der Waals surface area contributed by atoms with Gasteiger partial charge < -0.3 is 5.11 Å². The van der Waals surface area contributed by atoms with Crippen LogP contribution in [-0.4, -0.2) is 22.7 Å². The van der Waals surface area contributed by atoms with E-state index in [1.54, 1.807) is 42.5 Å². The molecule has 0 unspecified atom stereocenters. The number of Topliss-reactive ketones (excluding diaryl/α,β-unsaturated/α-hetero) is 1. The Morgan fingerprint density at radius 2 is 1.75 bits per heavy atom. The van der Waals surface area contributed by atoms with Crippen molar-refractivity contribution in [2.45, 2.75) is 13.3 Å². The number of carbonyl (C=O) groups excluding carboxylic acids is 3. The summed E-state index contributed by atoms with van der Waals surface area (Å²) in [4.78, 5) is 37.2. The SMILES string of the molecule is CC(=O)c1ccc(N2C(=O)C/C(=C\c3ccccc3O)C2=O)cc1. The summed E-state index contributed by atoms with van der Waals surface area (Å²) in [7, 11) is 0. The monoisotopic (exact) mass is 321 g/mol. The number of phenolic OH excluding ortho intramolecular Hbond substituents is 1. The fourth-order valence-electron chi connectivity index (χ4n) is 2.59. The number of ketones is 1. The lowest BCUT2D eigenvalue weighted by atomic mass is 10.1. The number of phenols is 1. The van der Waals surface area contributed by atoms with Gasteiger partial charge in [-0.25, -0.2) is 4.90 Å². The van der Waals surface area contributed by atoms with Crippen molar-refractivity contribution in [1.29, 1.82) is 0 Å². The molecule has 5 heteroatoms. The lowest BCUT2D eigenvalue weighted by Crippen LogP contribution is -2.28. The molecule has 0 atom stereocenters. The Balaban J connectivity index is 1.92. The van der Waals surface area contributed by atoms with Crippen molar-refractivity contribution in [3.63, 3.8) is 0 Å². The first kappa shape index (κ1) is 15.7. The minimum absolute atomic E-state index is 0.0262. The first-order valence-electron chi connectivity index (χ1n) is 7.44. The fourth-order valence-corrected chi connectivity index (χ4v) is 2.59. The highest BCUT2D eigenvalue weighted by Crippen LogP contribution is 2.29. The standard InChI is InChI=1S/C19H15NO4/c1-12(21)13-6-8-16(9-7-13)20-18(23)11-15(19(20)24)10-14-4-2-3-5-17(14)22/h2-10,22H,11H2,1H3/b15-10+. The van der Waals surface area contributed by atoms with E-state index in [1.807, 2.05) is 0 Å². The third-order valence-electron chi connectivity index (χ3n) is 3.87. The van der Waals surface area contributed by atoms with E-state index in [4.69, 9.17) is 0 Å². The molecule has 1 aliphatic rings. The van der Waals surface area contributed by atoms with Crippen LogP contribution in [0.5, 0.6) is 5.75 Å². The molecule has 0 radical (unpaired) electrons. The number of amides is 2. The molecular formula is C19H15NO4. The van der Waals surface area contributed by atoms with E-state index in [1.165, 1.54) is 19.1 Å². The lowest BCUT2D eigenvalue weighted by molar-refractivity contribution is -0.120. The highest BCUT2D eigenvalue weighted by Gasteiger charge is 2.35. The second-order valence-electron chi connectivity index (χ2n) is 5.54. The normalized spacial score (nSPS) is 16.0. The number of imide groups is 1. The maximum atomic E-state index is 12.5. The molecule has 1 N–H and O–H groups in total. The van der Waals surface area contributed by atoms with Gasteiger partial charge in [0.25, 0.3) is 5.91 Å². The average Bonchev–Trinajstić information content (AvgIpc) is 2.84. The lowest BCUT2D eigenvalue weighted by Gasteiger charge is -2.13. The van der Waals surface area contributed by atoms with Gasteiger partial charge in [-0.2, -0.15) is 0 Å². The van der Waals surface area contributed by atoms with E-state index in [0.717, 1.165) is 4.90 Å². The van der Waals surface area contributed by atoms with Crippen LogP contribution in [0.3, 0.4) is 0 Å². The second kappa shape index (κ2) is 6.12. The Bertz CT molecular complexity index is 865. The number of hydrogen-bond donors (Lipinski definition) is 1. The van der Waals surface area contributed by atoms with Crippen molar-refractivity contribution in [2.75, 3.05) is 4.90 Å². The van der Waals surface area contributed by atoms with Gasteiger partial charge in [-0.15, -0.1) is 0 Å². The summed E-state index contributed by atoms with van der Waals surface area (Å²) < 4.78 is 0. The largest absolute Gasteiger partial charge is 0.507 e. The highest BCUT2D eigenvalue weighted by atomic mass is 16.3. The van der Waals surface area contributed by atoms with Gasteiger partial charge in [0.1, 0.15) is 5.75 Å². The Morgan fingerprint density at radius 1 is 1.08 bits per heavy atom.